The maximum Gasteiger partial charge on any atom is 0.323 e. The van der Waals surface area contributed by atoms with Crippen molar-refractivity contribution >= 4 is 21.9 Å². The van der Waals surface area contributed by atoms with Gasteiger partial charge in [-0.15, -0.1) is 0 Å². The van der Waals surface area contributed by atoms with Gasteiger partial charge < -0.3 is 10.0 Å². The van der Waals surface area contributed by atoms with Crippen molar-refractivity contribution in [2.45, 2.75) is 25.8 Å². The standard InChI is InChI=1S/C16H20F2N2O5S/c1-2-26(24,25)19-5-3-14(4-6-19)20(10-15(21)22)16(23)11-7-12(17)9-13(18)8-11/h7-9,14H,2-6,10H2,1H3,(H,21,22). The van der Waals surface area contributed by atoms with Gasteiger partial charge in [0.1, 0.15) is 18.2 Å². The lowest BCUT2D eigenvalue weighted by atomic mass is 10.0. The molecular formula is C16H20F2N2O5S. The molecule has 1 fully saturated rings. The van der Waals surface area contributed by atoms with Crippen molar-refractivity contribution in [1.29, 1.82) is 0 Å². The number of carbonyl (C=O) groups is 2. The van der Waals surface area contributed by atoms with Crippen LogP contribution in [0.2, 0.25) is 0 Å². The molecule has 0 spiro atoms. The summed E-state index contributed by atoms with van der Waals surface area (Å²) in [6, 6.07) is 1.77. The summed E-state index contributed by atoms with van der Waals surface area (Å²) >= 11 is 0. The van der Waals surface area contributed by atoms with Gasteiger partial charge in [0.05, 0.1) is 5.75 Å². The fourth-order valence-corrected chi connectivity index (χ4v) is 4.10. The number of piperidine rings is 1. The average Bonchev–Trinajstić information content (AvgIpc) is 2.58. The van der Waals surface area contributed by atoms with Crippen LogP contribution in [-0.2, 0) is 14.8 Å². The van der Waals surface area contributed by atoms with Crippen molar-refractivity contribution in [1.82, 2.24) is 9.21 Å². The number of hydrogen-bond acceptors (Lipinski definition) is 4. The van der Waals surface area contributed by atoms with Crippen LogP contribution in [0, 0.1) is 11.6 Å². The molecule has 0 atom stereocenters. The van der Waals surface area contributed by atoms with Crippen LogP contribution < -0.4 is 0 Å². The largest absolute Gasteiger partial charge is 0.480 e. The SMILES string of the molecule is CCS(=O)(=O)N1CCC(N(CC(=O)O)C(=O)c2cc(F)cc(F)c2)CC1. The van der Waals surface area contributed by atoms with Crippen LogP contribution in [0.4, 0.5) is 8.78 Å². The maximum absolute atomic E-state index is 13.4. The number of aliphatic carboxylic acids is 1. The highest BCUT2D eigenvalue weighted by atomic mass is 32.2. The van der Waals surface area contributed by atoms with Gasteiger partial charge >= 0.3 is 5.97 Å². The lowest BCUT2D eigenvalue weighted by molar-refractivity contribution is -0.138. The van der Waals surface area contributed by atoms with E-state index in [1.54, 1.807) is 0 Å². The summed E-state index contributed by atoms with van der Waals surface area (Å²) in [6.07, 6.45) is 0.492. The van der Waals surface area contributed by atoms with Gasteiger partial charge in [-0.3, -0.25) is 9.59 Å². The summed E-state index contributed by atoms with van der Waals surface area (Å²) in [6.45, 7) is 1.20. The Morgan fingerprint density at radius 2 is 1.73 bits per heavy atom. The van der Waals surface area contributed by atoms with Crippen LogP contribution in [-0.4, -0.2) is 66.0 Å². The number of carboxylic acids is 1. The van der Waals surface area contributed by atoms with E-state index in [4.69, 9.17) is 5.11 Å². The first kappa shape index (κ1) is 20.2. The second-order valence-corrected chi connectivity index (χ2v) is 8.27. The van der Waals surface area contributed by atoms with Gasteiger partial charge in [0.25, 0.3) is 5.91 Å². The molecule has 0 saturated carbocycles. The highest BCUT2D eigenvalue weighted by Gasteiger charge is 2.33. The van der Waals surface area contributed by atoms with Crippen molar-refractivity contribution in [2.75, 3.05) is 25.4 Å². The minimum Gasteiger partial charge on any atom is -0.480 e. The summed E-state index contributed by atoms with van der Waals surface area (Å²) in [5.74, 6) is -3.99. The zero-order valence-electron chi connectivity index (χ0n) is 14.2. The Morgan fingerprint density at radius 3 is 2.19 bits per heavy atom. The fraction of sp³-hybridized carbons (Fsp3) is 0.500. The topological polar surface area (TPSA) is 95.0 Å². The number of carbonyl (C=O) groups excluding carboxylic acids is 1. The van der Waals surface area contributed by atoms with Crippen LogP contribution >= 0.6 is 0 Å². The molecule has 1 N–H and O–H groups in total. The molecule has 7 nitrogen and oxygen atoms in total. The van der Waals surface area contributed by atoms with E-state index in [0.29, 0.717) is 6.07 Å². The number of halogens is 2. The number of nitrogens with zero attached hydrogens (tertiary/aromatic N) is 2. The Balaban J connectivity index is 2.20. The van der Waals surface area contributed by atoms with E-state index in [9.17, 15) is 26.8 Å². The summed E-state index contributed by atoms with van der Waals surface area (Å²) < 4.78 is 51.9. The smallest absolute Gasteiger partial charge is 0.323 e. The van der Waals surface area contributed by atoms with E-state index in [-0.39, 0.29) is 37.2 Å². The number of hydrogen-bond donors (Lipinski definition) is 1. The highest BCUT2D eigenvalue weighted by molar-refractivity contribution is 7.89. The van der Waals surface area contributed by atoms with Gasteiger partial charge in [-0.25, -0.2) is 21.5 Å². The van der Waals surface area contributed by atoms with Crippen LogP contribution in [0.3, 0.4) is 0 Å². The molecule has 0 aromatic heterocycles. The van der Waals surface area contributed by atoms with Gasteiger partial charge in [-0.2, -0.15) is 0 Å². The van der Waals surface area contributed by atoms with Gasteiger partial charge in [0.15, 0.2) is 0 Å². The first-order valence-corrected chi connectivity index (χ1v) is 9.71. The first-order valence-electron chi connectivity index (χ1n) is 8.10. The van der Waals surface area contributed by atoms with Crippen molar-refractivity contribution in [3.8, 4) is 0 Å². The number of sulfonamides is 1. The summed E-state index contributed by atoms with van der Waals surface area (Å²) in [5, 5.41) is 9.09. The lowest BCUT2D eigenvalue weighted by Gasteiger charge is -2.37. The van der Waals surface area contributed by atoms with Crippen LogP contribution in [0.25, 0.3) is 0 Å². The molecule has 144 valence electrons. The summed E-state index contributed by atoms with van der Waals surface area (Å²) in [7, 11) is -3.36. The Kier molecular flexibility index (Phi) is 6.30. The van der Waals surface area contributed by atoms with Crippen LogP contribution in [0.1, 0.15) is 30.1 Å². The van der Waals surface area contributed by atoms with Crippen molar-refractivity contribution in [2.24, 2.45) is 0 Å². The van der Waals surface area contributed by atoms with Crippen LogP contribution in [0.15, 0.2) is 18.2 Å². The normalized spacial score (nSPS) is 16.4. The molecule has 10 heteroatoms. The van der Waals surface area contributed by atoms with E-state index in [1.807, 2.05) is 0 Å². The average molecular weight is 390 g/mol. The molecule has 1 heterocycles. The second kappa shape index (κ2) is 8.09. The van der Waals surface area contributed by atoms with Crippen molar-refractivity contribution in [3.63, 3.8) is 0 Å². The minimum absolute atomic E-state index is 0.0436. The van der Waals surface area contributed by atoms with E-state index in [1.165, 1.54) is 11.2 Å². The number of amides is 1. The zero-order valence-corrected chi connectivity index (χ0v) is 15.0. The third-order valence-electron chi connectivity index (χ3n) is 4.30. The number of carboxylic acid groups (broad SMARTS) is 1. The maximum atomic E-state index is 13.4. The molecule has 1 aromatic carbocycles. The first-order chi connectivity index (χ1) is 12.1. The molecule has 0 aliphatic carbocycles. The van der Waals surface area contributed by atoms with Crippen molar-refractivity contribution in [3.05, 3.63) is 35.4 Å². The predicted octanol–water partition coefficient (Wildman–Crippen LogP) is 1.31. The summed E-state index contributed by atoms with van der Waals surface area (Å²) in [4.78, 5) is 24.8. The molecule has 1 aromatic rings. The Labute approximate surface area is 150 Å². The van der Waals surface area contributed by atoms with Gasteiger partial charge in [0, 0.05) is 30.8 Å². The predicted molar refractivity (Wildman–Crippen MR) is 89.1 cm³/mol. The Bertz CT molecular complexity index is 772. The highest BCUT2D eigenvalue weighted by Crippen LogP contribution is 2.22. The third-order valence-corrected chi connectivity index (χ3v) is 6.18. The molecule has 1 aliphatic rings. The van der Waals surface area contributed by atoms with E-state index < -0.39 is 46.1 Å². The van der Waals surface area contributed by atoms with E-state index >= 15 is 0 Å². The zero-order chi connectivity index (χ0) is 19.5. The molecule has 0 bridgehead atoms. The third kappa shape index (κ3) is 4.76. The molecular weight excluding hydrogens is 370 g/mol. The number of rotatable bonds is 6. The fourth-order valence-electron chi connectivity index (χ4n) is 2.97. The second-order valence-electron chi connectivity index (χ2n) is 6.02. The molecule has 1 saturated heterocycles. The molecule has 0 unspecified atom stereocenters. The summed E-state index contributed by atoms with van der Waals surface area (Å²) in [5.41, 5.74) is -0.285. The number of benzene rings is 1. The Hall–Kier alpha value is -2.07. The minimum atomic E-state index is -3.36. The molecule has 0 radical (unpaired) electrons. The van der Waals surface area contributed by atoms with Gasteiger partial charge in [-0.1, -0.05) is 0 Å². The van der Waals surface area contributed by atoms with E-state index in [0.717, 1.165) is 17.0 Å². The van der Waals surface area contributed by atoms with Gasteiger partial charge in [-0.05, 0) is 31.9 Å². The monoisotopic (exact) mass is 390 g/mol. The molecule has 26 heavy (non-hydrogen) atoms. The quantitative estimate of drug-likeness (QED) is 0.790. The van der Waals surface area contributed by atoms with Crippen LogP contribution in [0.5, 0.6) is 0 Å². The van der Waals surface area contributed by atoms with E-state index in [2.05, 4.69) is 0 Å². The van der Waals surface area contributed by atoms with Crippen molar-refractivity contribution < 1.29 is 31.9 Å². The molecule has 1 aliphatic heterocycles. The molecule has 2 rings (SSSR count). The molecule has 1 amide bonds. The van der Waals surface area contributed by atoms with Gasteiger partial charge in [0.2, 0.25) is 10.0 Å². The lowest BCUT2D eigenvalue weighted by Crippen LogP contribution is -2.50. The Morgan fingerprint density at radius 1 is 1.19 bits per heavy atom.